The quantitative estimate of drug-likeness (QED) is 0.327. The molecule has 5 amide bonds. The molecule has 3 atom stereocenters. The van der Waals surface area contributed by atoms with Crippen LogP contribution in [0.25, 0.3) is 0 Å². The number of benzene rings is 3. The molecule has 3 unspecified atom stereocenters. The molecule has 9 rings (SSSR count). The summed E-state index contributed by atoms with van der Waals surface area (Å²) < 4.78 is 6.31. The molecule has 1 N–H and O–H groups in total. The number of carbonyl (C=O) groups excluding carboxylic acids is 5. The SMILES string of the molecule is N#Cc1ccc(OC2CC3CCC(C2)N3c2ccc(C(=O)N3CCC(CN4Cc5cc6c(cc5C4)C(=O)N(C4CCC(=O)NC4=O)C6=O)CC3)cc2)cc1Cl. The topological polar surface area (TPSA) is 143 Å². The van der Waals surface area contributed by atoms with Crippen molar-refractivity contribution in [3.63, 3.8) is 0 Å². The number of halogens is 1. The third-order valence-corrected chi connectivity index (χ3v) is 12.7. The Bertz CT molecular complexity index is 2100. The summed E-state index contributed by atoms with van der Waals surface area (Å²) in [7, 11) is 0. The van der Waals surface area contributed by atoms with Crippen LogP contribution in [0.3, 0.4) is 0 Å². The van der Waals surface area contributed by atoms with Crippen LogP contribution in [-0.4, -0.2) is 88.1 Å². The lowest BCUT2D eigenvalue weighted by Gasteiger charge is -2.40. The van der Waals surface area contributed by atoms with Gasteiger partial charge in [-0.15, -0.1) is 0 Å². The van der Waals surface area contributed by atoms with Gasteiger partial charge in [0.05, 0.1) is 21.7 Å². The van der Waals surface area contributed by atoms with E-state index in [0.717, 1.165) is 66.8 Å². The smallest absolute Gasteiger partial charge is 0.262 e. The molecule has 3 aromatic rings. The van der Waals surface area contributed by atoms with Crippen LogP contribution in [-0.2, 0) is 22.7 Å². The molecule has 0 spiro atoms. The van der Waals surface area contributed by atoms with Crippen LogP contribution in [0.5, 0.6) is 5.75 Å². The first-order valence-corrected chi connectivity index (χ1v) is 19.6. The Kier molecular flexibility index (Phi) is 9.10. The summed E-state index contributed by atoms with van der Waals surface area (Å²) in [5, 5.41) is 11.8. The van der Waals surface area contributed by atoms with Crippen LogP contribution in [0.15, 0.2) is 54.6 Å². The maximum atomic E-state index is 13.6. The Morgan fingerprint density at radius 1 is 0.855 bits per heavy atom. The predicted octanol–water partition coefficient (Wildman–Crippen LogP) is 5.06. The Balaban J connectivity index is 0.760. The second-order valence-corrected chi connectivity index (χ2v) is 16.2. The van der Waals surface area contributed by atoms with Crippen molar-refractivity contribution in [1.82, 2.24) is 20.0 Å². The third kappa shape index (κ3) is 6.53. The molecule has 0 aromatic heterocycles. The number of carbonyl (C=O) groups is 5. The van der Waals surface area contributed by atoms with E-state index in [1.807, 2.05) is 23.1 Å². The van der Waals surface area contributed by atoms with Crippen LogP contribution in [0, 0.1) is 17.2 Å². The first-order valence-electron chi connectivity index (χ1n) is 19.3. The molecule has 13 heteroatoms. The lowest BCUT2D eigenvalue weighted by molar-refractivity contribution is -0.136. The van der Waals surface area contributed by atoms with E-state index < -0.39 is 29.7 Å². The van der Waals surface area contributed by atoms with Crippen molar-refractivity contribution in [2.24, 2.45) is 5.92 Å². The Morgan fingerprint density at radius 2 is 1.51 bits per heavy atom. The van der Waals surface area contributed by atoms with Crippen molar-refractivity contribution in [2.45, 2.75) is 88.7 Å². The van der Waals surface area contributed by atoms with Crippen molar-refractivity contribution < 1.29 is 28.7 Å². The van der Waals surface area contributed by atoms with Gasteiger partial charge in [0.15, 0.2) is 0 Å². The first kappa shape index (κ1) is 35.5. The highest BCUT2D eigenvalue weighted by Crippen LogP contribution is 2.41. The van der Waals surface area contributed by atoms with E-state index in [0.29, 0.717) is 77.2 Å². The number of piperidine rings is 3. The number of likely N-dealkylation sites (tertiary alicyclic amines) is 1. The lowest BCUT2D eigenvalue weighted by Crippen LogP contribution is -2.54. The van der Waals surface area contributed by atoms with Gasteiger partial charge in [0, 0.05) is 81.4 Å². The Labute approximate surface area is 323 Å². The minimum atomic E-state index is -0.970. The molecule has 6 aliphatic heterocycles. The molecule has 3 aromatic carbocycles. The highest BCUT2D eigenvalue weighted by Gasteiger charge is 2.46. The standard InChI is InChI=1S/C42H41ClN6O6/c43-36-19-32(8-3-26(36)20-44)55-33-17-30-6-7-31(18-33)48(30)29-4-1-25(2-5-29)40(52)47-13-11-24(12-14-47)21-46-22-27-15-34-35(16-28(27)23-46)42(54)49(41(34)53)37-9-10-38(50)45-39(37)51/h1-5,8,15-16,19,24,30-31,33,37H,6-7,9-14,17-18,21-23H2,(H,45,50,51). The molecule has 55 heavy (non-hydrogen) atoms. The average molecular weight is 761 g/mol. The van der Waals surface area contributed by atoms with Crippen molar-refractivity contribution in [2.75, 3.05) is 24.5 Å². The van der Waals surface area contributed by atoms with E-state index in [9.17, 15) is 29.2 Å². The van der Waals surface area contributed by atoms with Gasteiger partial charge >= 0.3 is 0 Å². The zero-order valence-electron chi connectivity index (χ0n) is 30.3. The zero-order valence-corrected chi connectivity index (χ0v) is 31.1. The van der Waals surface area contributed by atoms with E-state index in [1.165, 1.54) is 0 Å². The highest BCUT2D eigenvalue weighted by molar-refractivity contribution is 6.31. The third-order valence-electron chi connectivity index (χ3n) is 12.4. The summed E-state index contributed by atoms with van der Waals surface area (Å²) >= 11 is 6.23. The molecular weight excluding hydrogens is 720 g/mol. The van der Waals surface area contributed by atoms with Gasteiger partial charge in [0.25, 0.3) is 17.7 Å². The van der Waals surface area contributed by atoms with Gasteiger partial charge in [-0.1, -0.05) is 11.6 Å². The molecule has 282 valence electrons. The number of nitrogens with zero attached hydrogens (tertiary/aromatic N) is 5. The minimum Gasteiger partial charge on any atom is -0.490 e. The van der Waals surface area contributed by atoms with Gasteiger partial charge < -0.3 is 14.5 Å². The number of fused-ring (bicyclic) bond motifs is 4. The van der Waals surface area contributed by atoms with Gasteiger partial charge in [0.1, 0.15) is 24.0 Å². The fourth-order valence-electron chi connectivity index (χ4n) is 9.71. The number of imide groups is 2. The lowest BCUT2D eigenvalue weighted by atomic mass is 9.95. The van der Waals surface area contributed by atoms with Gasteiger partial charge in [0.2, 0.25) is 11.8 Å². The molecule has 12 nitrogen and oxygen atoms in total. The van der Waals surface area contributed by atoms with Crippen LogP contribution in [0.1, 0.15) is 99.1 Å². The van der Waals surface area contributed by atoms with Crippen molar-refractivity contribution in [3.8, 4) is 11.8 Å². The summed E-state index contributed by atoms with van der Waals surface area (Å²) in [6, 6.07) is 18.8. The minimum absolute atomic E-state index is 0.0601. The van der Waals surface area contributed by atoms with Gasteiger partial charge in [-0.05, 0) is 97.7 Å². The van der Waals surface area contributed by atoms with Crippen LogP contribution >= 0.6 is 11.6 Å². The van der Waals surface area contributed by atoms with Gasteiger partial charge in [-0.3, -0.25) is 39.1 Å². The molecule has 4 fully saturated rings. The maximum Gasteiger partial charge on any atom is 0.262 e. The molecule has 6 heterocycles. The van der Waals surface area contributed by atoms with Crippen molar-refractivity contribution in [3.05, 3.63) is 93.0 Å². The largest absolute Gasteiger partial charge is 0.490 e. The van der Waals surface area contributed by atoms with E-state index in [-0.39, 0.29) is 24.9 Å². The fraction of sp³-hybridized carbons (Fsp3) is 0.429. The number of nitriles is 1. The van der Waals surface area contributed by atoms with E-state index in [2.05, 4.69) is 33.3 Å². The summed E-state index contributed by atoms with van der Waals surface area (Å²) in [5.74, 6) is -0.777. The second-order valence-electron chi connectivity index (χ2n) is 15.8. The number of amides is 5. The van der Waals surface area contributed by atoms with Crippen LogP contribution in [0.2, 0.25) is 5.02 Å². The Morgan fingerprint density at radius 3 is 2.11 bits per heavy atom. The van der Waals surface area contributed by atoms with E-state index in [1.54, 1.807) is 24.3 Å². The number of hydrogen-bond donors (Lipinski definition) is 1. The Hall–Kier alpha value is -5.25. The normalized spacial score (nSPS) is 25.2. The van der Waals surface area contributed by atoms with Gasteiger partial charge in [-0.2, -0.15) is 5.26 Å². The second kappa shape index (κ2) is 14.1. The molecule has 4 saturated heterocycles. The summed E-state index contributed by atoms with van der Waals surface area (Å²) in [6.07, 6.45) is 6.13. The van der Waals surface area contributed by atoms with Crippen LogP contribution in [0.4, 0.5) is 5.69 Å². The van der Waals surface area contributed by atoms with E-state index in [4.69, 9.17) is 16.3 Å². The number of rotatable bonds is 7. The van der Waals surface area contributed by atoms with Gasteiger partial charge in [-0.25, -0.2) is 0 Å². The number of hydrogen-bond acceptors (Lipinski definition) is 9. The zero-order chi connectivity index (χ0) is 38.0. The number of anilines is 1. The predicted molar refractivity (Wildman–Crippen MR) is 201 cm³/mol. The van der Waals surface area contributed by atoms with Crippen molar-refractivity contribution >= 4 is 46.8 Å². The fourth-order valence-corrected chi connectivity index (χ4v) is 9.92. The summed E-state index contributed by atoms with van der Waals surface area (Å²) in [4.78, 5) is 72.1. The monoisotopic (exact) mass is 760 g/mol. The number of ether oxygens (including phenoxy) is 1. The molecule has 0 saturated carbocycles. The summed E-state index contributed by atoms with van der Waals surface area (Å²) in [5.41, 5.74) is 4.96. The van der Waals surface area contributed by atoms with E-state index >= 15 is 0 Å². The maximum absolute atomic E-state index is 13.6. The van der Waals surface area contributed by atoms with Crippen molar-refractivity contribution in [1.29, 1.82) is 5.26 Å². The molecular formula is C42H41ClN6O6. The average Bonchev–Trinajstić information content (AvgIpc) is 3.78. The molecule has 0 radical (unpaired) electrons. The summed E-state index contributed by atoms with van der Waals surface area (Å²) in [6.45, 7) is 3.60. The first-order chi connectivity index (χ1) is 26.6. The number of nitrogens with one attached hydrogen (secondary N) is 1. The highest BCUT2D eigenvalue weighted by atomic mass is 35.5. The molecule has 2 bridgehead atoms. The molecule has 6 aliphatic rings. The van der Waals surface area contributed by atoms with Crippen LogP contribution < -0.4 is 15.0 Å². The molecule has 0 aliphatic carbocycles.